The van der Waals surface area contributed by atoms with Gasteiger partial charge in [-0.05, 0) is 12.3 Å². The number of aromatic nitrogens is 2. The van der Waals surface area contributed by atoms with Gasteiger partial charge in [0.25, 0.3) is 0 Å². The van der Waals surface area contributed by atoms with Crippen LogP contribution in [0.25, 0.3) is 0 Å². The second kappa shape index (κ2) is 4.51. The van der Waals surface area contributed by atoms with Gasteiger partial charge in [0.1, 0.15) is 10.2 Å². The maximum absolute atomic E-state index is 4.44. The van der Waals surface area contributed by atoms with Crippen LogP contribution in [0.3, 0.4) is 0 Å². The average Bonchev–Trinajstić information content (AvgIpc) is 2.08. The molecule has 1 rings (SSSR count). The van der Waals surface area contributed by atoms with Gasteiger partial charge in [-0.1, -0.05) is 27.2 Å². The first kappa shape index (κ1) is 10.4. The van der Waals surface area contributed by atoms with E-state index in [4.69, 9.17) is 0 Å². The summed E-state index contributed by atoms with van der Waals surface area (Å²) in [5, 5.41) is 0.823. The molecule has 2 nitrogen and oxygen atoms in total. The molecule has 0 spiro atoms. The van der Waals surface area contributed by atoms with Gasteiger partial charge < -0.3 is 0 Å². The Kier molecular flexibility index (Phi) is 3.60. The molecule has 0 aliphatic rings. The lowest BCUT2D eigenvalue weighted by atomic mass is 10.1. The molecule has 13 heavy (non-hydrogen) atoms. The Bertz CT molecular complexity index is 284. The van der Waals surface area contributed by atoms with E-state index in [1.54, 1.807) is 6.20 Å². The Labute approximate surface area is 83.2 Å². The van der Waals surface area contributed by atoms with E-state index in [1.807, 2.05) is 0 Å². The molecule has 69 valence electrons. The Morgan fingerprint density at radius 2 is 2.15 bits per heavy atom. The first-order valence-corrected chi connectivity index (χ1v) is 5.22. The molecule has 0 aliphatic heterocycles. The normalized spacial score (nSPS) is 10.8. The molecule has 0 unspecified atom stereocenters. The van der Waals surface area contributed by atoms with E-state index in [0.717, 1.165) is 29.5 Å². The van der Waals surface area contributed by atoms with Crippen molar-refractivity contribution in [1.82, 2.24) is 9.97 Å². The molecule has 0 N–H and O–H groups in total. The van der Waals surface area contributed by atoms with E-state index in [1.165, 1.54) is 0 Å². The zero-order chi connectivity index (χ0) is 9.84. The van der Waals surface area contributed by atoms with Crippen molar-refractivity contribution in [3.8, 4) is 0 Å². The summed E-state index contributed by atoms with van der Waals surface area (Å²) in [6.07, 6.45) is 3.91. The molecule has 3 radical (unpaired) electrons. The molecular weight excluding hydrogens is 176 g/mol. The standard InChI is InChI=1S/C10H15N2Si/c1-4-5-8-10(7(2)3)12-9(13)6-11-8/h6-7H,4-5H2,1-3H3. The monoisotopic (exact) mass is 191 g/mol. The molecule has 0 amide bonds. The van der Waals surface area contributed by atoms with Crippen molar-refractivity contribution < 1.29 is 0 Å². The third-order valence-corrected chi connectivity index (χ3v) is 2.15. The van der Waals surface area contributed by atoms with Crippen LogP contribution in [0.5, 0.6) is 0 Å². The number of rotatable bonds is 3. The maximum atomic E-state index is 4.44. The largest absolute Gasteiger partial charge is 0.260 e. The summed E-state index contributed by atoms with van der Waals surface area (Å²) in [4.78, 5) is 8.82. The van der Waals surface area contributed by atoms with E-state index >= 15 is 0 Å². The Balaban J connectivity index is 3.03. The Hall–Kier alpha value is -0.703. The second-order valence-corrected chi connectivity index (χ2v) is 4.00. The van der Waals surface area contributed by atoms with Crippen LogP contribution < -0.4 is 5.32 Å². The van der Waals surface area contributed by atoms with Crippen molar-refractivity contribution in [3.63, 3.8) is 0 Å². The summed E-state index contributed by atoms with van der Waals surface area (Å²) >= 11 is 0. The zero-order valence-electron chi connectivity index (χ0n) is 8.46. The summed E-state index contributed by atoms with van der Waals surface area (Å²) in [5.74, 6) is 0.449. The van der Waals surface area contributed by atoms with E-state index in [9.17, 15) is 0 Å². The molecule has 0 saturated heterocycles. The fraction of sp³-hybridized carbons (Fsp3) is 0.600. The highest BCUT2D eigenvalue weighted by Crippen LogP contribution is 2.14. The smallest absolute Gasteiger partial charge is 0.102 e. The summed E-state index contributed by atoms with van der Waals surface area (Å²) in [6, 6.07) is 0. The fourth-order valence-corrected chi connectivity index (χ4v) is 1.51. The predicted octanol–water partition coefficient (Wildman–Crippen LogP) is 1.35. The molecule has 1 aromatic rings. The van der Waals surface area contributed by atoms with Gasteiger partial charge in [-0.3, -0.25) is 9.97 Å². The lowest BCUT2D eigenvalue weighted by Crippen LogP contribution is -2.15. The molecule has 1 heterocycles. The number of aryl methyl sites for hydroxylation is 1. The van der Waals surface area contributed by atoms with Crippen LogP contribution in [0.1, 0.15) is 44.5 Å². The van der Waals surface area contributed by atoms with Crippen molar-refractivity contribution in [2.45, 2.75) is 39.5 Å². The minimum absolute atomic E-state index is 0.449. The molecule has 1 aromatic heterocycles. The molecule has 0 atom stereocenters. The van der Waals surface area contributed by atoms with Gasteiger partial charge in [-0.2, -0.15) is 0 Å². The van der Waals surface area contributed by atoms with Gasteiger partial charge in [0.2, 0.25) is 0 Å². The topological polar surface area (TPSA) is 25.8 Å². The van der Waals surface area contributed by atoms with Crippen LogP contribution in [0.4, 0.5) is 0 Å². The summed E-state index contributed by atoms with van der Waals surface area (Å²) < 4.78 is 0. The molecule has 0 bridgehead atoms. The number of nitrogens with zero attached hydrogens (tertiary/aromatic N) is 2. The van der Waals surface area contributed by atoms with Crippen molar-refractivity contribution in [3.05, 3.63) is 17.6 Å². The first-order valence-electron chi connectivity index (χ1n) is 4.72. The predicted molar refractivity (Wildman–Crippen MR) is 55.5 cm³/mol. The molecular formula is C10H15N2Si. The van der Waals surface area contributed by atoms with Crippen LogP contribution in [0.15, 0.2) is 6.20 Å². The van der Waals surface area contributed by atoms with Crippen LogP contribution >= 0.6 is 0 Å². The molecule has 0 saturated carbocycles. The summed E-state index contributed by atoms with van der Waals surface area (Å²) in [5.41, 5.74) is 2.26. The quantitative estimate of drug-likeness (QED) is 0.674. The van der Waals surface area contributed by atoms with Gasteiger partial charge in [0.15, 0.2) is 0 Å². The Morgan fingerprint density at radius 1 is 1.46 bits per heavy atom. The van der Waals surface area contributed by atoms with Crippen molar-refractivity contribution >= 4 is 15.6 Å². The Morgan fingerprint density at radius 3 is 2.69 bits per heavy atom. The van der Waals surface area contributed by atoms with E-state index < -0.39 is 0 Å². The minimum atomic E-state index is 0.449. The van der Waals surface area contributed by atoms with Crippen molar-refractivity contribution in [2.75, 3.05) is 0 Å². The van der Waals surface area contributed by atoms with Crippen molar-refractivity contribution in [1.29, 1.82) is 0 Å². The first-order chi connectivity index (χ1) is 6.15. The van der Waals surface area contributed by atoms with E-state index in [2.05, 4.69) is 41.0 Å². The van der Waals surface area contributed by atoms with Gasteiger partial charge in [-0.25, -0.2) is 0 Å². The molecule has 3 heteroatoms. The van der Waals surface area contributed by atoms with Crippen LogP contribution in [0, 0.1) is 0 Å². The molecule has 0 aliphatic carbocycles. The average molecular weight is 191 g/mol. The summed E-state index contributed by atoms with van der Waals surface area (Å²) in [6.45, 7) is 6.46. The van der Waals surface area contributed by atoms with Gasteiger partial charge in [-0.15, -0.1) is 0 Å². The van der Waals surface area contributed by atoms with E-state index in [-0.39, 0.29) is 0 Å². The number of hydrogen-bond donors (Lipinski definition) is 0. The van der Waals surface area contributed by atoms with Gasteiger partial charge in [0, 0.05) is 11.5 Å². The van der Waals surface area contributed by atoms with Gasteiger partial charge in [0.05, 0.1) is 11.4 Å². The highest BCUT2D eigenvalue weighted by Gasteiger charge is 2.08. The zero-order valence-corrected chi connectivity index (χ0v) is 9.46. The third-order valence-electron chi connectivity index (χ3n) is 1.91. The SMILES string of the molecule is CCCc1ncc([Si])nc1C(C)C. The number of hydrogen-bond acceptors (Lipinski definition) is 2. The maximum Gasteiger partial charge on any atom is 0.102 e. The highest BCUT2D eigenvalue weighted by atomic mass is 28.1. The molecule has 0 fully saturated rings. The summed E-state index contributed by atoms with van der Waals surface area (Å²) in [7, 11) is 3.39. The second-order valence-electron chi connectivity index (χ2n) is 3.49. The lowest BCUT2D eigenvalue weighted by molar-refractivity contribution is 0.762. The lowest BCUT2D eigenvalue weighted by Gasteiger charge is -2.10. The van der Waals surface area contributed by atoms with Crippen molar-refractivity contribution in [2.24, 2.45) is 0 Å². The van der Waals surface area contributed by atoms with Crippen LogP contribution in [0.2, 0.25) is 0 Å². The fourth-order valence-electron chi connectivity index (χ4n) is 1.32. The highest BCUT2D eigenvalue weighted by molar-refractivity contribution is 6.30. The minimum Gasteiger partial charge on any atom is -0.260 e. The third kappa shape index (κ3) is 2.62. The van der Waals surface area contributed by atoms with Gasteiger partial charge >= 0.3 is 0 Å². The van der Waals surface area contributed by atoms with E-state index in [0.29, 0.717) is 5.92 Å². The van der Waals surface area contributed by atoms with Crippen LogP contribution in [-0.4, -0.2) is 20.2 Å². The molecule has 0 aromatic carbocycles. The van der Waals surface area contributed by atoms with Crippen LogP contribution in [-0.2, 0) is 6.42 Å².